The number of aromatic amines is 1. The van der Waals surface area contributed by atoms with Crippen LogP contribution in [0.1, 0.15) is 5.56 Å². The van der Waals surface area contributed by atoms with Gasteiger partial charge >= 0.3 is 0 Å². The maximum atomic E-state index is 6.26. The average molecular weight is 389 g/mol. The van der Waals surface area contributed by atoms with E-state index in [0.717, 1.165) is 11.1 Å². The van der Waals surface area contributed by atoms with Gasteiger partial charge in [0, 0.05) is 11.1 Å². The molecule has 1 aliphatic rings. The van der Waals surface area contributed by atoms with E-state index in [1.54, 1.807) is 25.5 Å². The molecule has 0 bridgehead atoms. The molecule has 0 amide bonds. The lowest BCUT2D eigenvalue weighted by Crippen LogP contribution is -1.96. The first-order valence-electron chi connectivity index (χ1n) is 7.61. The van der Waals surface area contributed by atoms with Crippen LogP contribution in [0.15, 0.2) is 41.5 Å². The van der Waals surface area contributed by atoms with Crippen LogP contribution in [0, 0.1) is 4.77 Å². The molecule has 2 heterocycles. The maximum absolute atomic E-state index is 6.26. The van der Waals surface area contributed by atoms with Crippen LogP contribution in [0.4, 0.5) is 0 Å². The number of hydrogen-bond donors (Lipinski definition) is 1. The molecule has 0 spiro atoms. The normalized spacial score (nSPS) is 12.7. The van der Waals surface area contributed by atoms with Crippen LogP contribution >= 0.6 is 23.8 Å². The summed E-state index contributed by atoms with van der Waals surface area (Å²) in [7, 11) is 1.57. The lowest BCUT2D eigenvalue weighted by molar-refractivity contribution is 0.171. The van der Waals surface area contributed by atoms with Gasteiger partial charge in [0.2, 0.25) is 17.3 Å². The van der Waals surface area contributed by atoms with Crippen LogP contribution in [0.3, 0.4) is 0 Å². The maximum Gasteiger partial charge on any atom is 0.231 e. The number of hydrogen-bond acceptors (Lipinski definition) is 6. The molecule has 0 saturated heterocycles. The van der Waals surface area contributed by atoms with Gasteiger partial charge < -0.3 is 14.2 Å². The highest BCUT2D eigenvalue weighted by atomic mass is 35.5. The smallest absolute Gasteiger partial charge is 0.231 e. The number of halogens is 1. The Kier molecular flexibility index (Phi) is 4.36. The molecule has 1 aromatic heterocycles. The van der Waals surface area contributed by atoms with E-state index in [4.69, 9.17) is 38.0 Å². The van der Waals surface area contributed by atoms with Gasteiger partial charge in [0.15, 0.2) is 17.3 Å². The Morgan fingerprint density at radius 2 is 2.19 bits per heavy atom. The monoisotopic (exact) mass is 388 g/mol. The van der Waals surface area contributed by atoms with E-state index in [9.17, 15) is 0 Å². The molecule has 0 unspecified atom stereocenters. The first-order valence-corrected chi connectivity index (χ1v) is 8.40. The van der Waals surface area contributed by atoms with Crippen molar-refractivity contribution in [1.29, 1.82) is 0 Å². The van der Waals surface area contributed by atoms with Crippen molar-refractivity contribution in [1.82, 2.24) is 14.9 Å². The zero-order valence-corrected chi connectivity index (χ0v) is 15.2. The van der Waals surface area contributed by atoms with Gasteiger partial charge in [-0.2, -0.15) is 14.9 Å². The van der Waals surface area contributed by atoms with E-state index in [2.05, 4.69) is 15.3 Å². The first-order chi connectivity index (χ1) is 12.7. The molecule has 0 atom stereocenters. The Labute approximate surface area is 158 Å². The second-order valence-corrected chi connectivity index (χ2v) is 6.14. The zero-order chi connectivity index (χ0) is 18.1. The Hall–Kier alpha value is -2.84. The van der Waals surface area contributed by atoms with Gasteiger partial charge in [-0.15, -0.1) is 0 Å². The SMILES string of the molecule is COc1cc(/C=N\n2c(-c3ccccc3Cl)n[nH]c2=S)cc2c1OCO2. The van der Waals surface area contributed by atoms with Gasteiger partial charge in [-0.3, -0.25) is 0 Å². The zero-order valence-electron chi connectivity index (χ0n) is 13.6. The molecule has 1 N–H and O–H groups in total. The minimum atomic E-state index is 0.162. The molecule has 0 aliphatic carbocycles. The quantitative estimate of drug-likeness (QED) is 0.542. The minimum absolute atomic E-state index is 0.162. The highest BCUT2D eigenvalue weighted by Crippen LogP contribution is 2.41. The highest BCUT2D eigenvalue weighted by Gasteiger charge is 2.19. The van der Waals surface area contributed by atoms with Crippen LogP contribution < -0.4 is 14.2 Å². The molecule has 0 fully saturated rings. The van der Waals surface area contributed by atoms with E-state index in [0.29, 0.717) is 32.9 Å². The first kappa shape index (κ1) is 16.6. The largest absolute Gasteiger partial charge is 0.493 e. The average Bonchev–Trinajstić information content (AvgIpc) is 3.26. The van der Waals surface area contributed by atoms with Crippen molar-refractivity contribution in [3.8, 4) is 28.6 Å². The third kappa shape index (κ3) is 2.93. The van der Waals surface area contributed by atoms with Gasteiger partial charge in [-0.25, -0.2) is 5.10 Å². The minimum Gasteiger partial charge on any atom is -0.493 e. The van der Waals surface area contributed by atoms with Crippen molar-refractivity contribution in [3.63, 3.8) is 0 Å². The summed E-state index contributed by atoms with van der Waals surface area (Å²) < 4.78 is 18.0. The van der Waals surface area contributed by atoms with Crippen molar-refractivity contribution in [3.05, 3.63) is 51.8 Å². The van der Waals surface area contributed by atoms with Crippen LogP contribution in [0.2, 0.25) is 5.02 Å². The number of fused-ring (bicyclic) bond motifs is 1. The van der Waals surface area contributed by atoms with E-state index >= 15 is 0 Å². The number of aromatic nitrogens is 3. The summed E-state index contributed by atoms with van der Waals surface area (Å²) in [5.74, 6) is 2.28. The molecule has 0 radical (unpaired) electrons. The highest BCUT2D eigenvalue weighted by molar-refractivity contribution is 7.71. The van der Waals surface area contributed by atoms with E-state index < -0.39 is 0 Å². The van der Waals surface area contributed by atoms with Crippen molar-refractivity contribution < 1.29 is 14.2 Å². The number of nitrogens with one attached hydrogen (secondary N) is 1. The van der Waals surface area contributed by atoms with E-state index in [1.807, 2.05) is 24.3 Å². The predicted molar refractivity (Wildman–Crippen MR) is 100.0 cm³/mol. The summed E-state index contributed by atoms with van der Waals surface area (Å²) >= 11 is 11.5. The fourth-order valence-electron chi connectivity index (χ4n) is 2.56. The molecular weight excluding hydrogens is 376 g/mol. The van der Waals surface area contributed by atoms with Crippen LogP contribution in [0.5, 0.6) is 17.2 Å². The number of rotatable bonds is 4. The number of nitrogens with zero attached hydrogens (tertiary/aromatic N) is 3. The van der Waals surface area contributed by atoms with Crippen LogP contribution in [-0.4, -0.2) is 35.0 Å². The molecule has 3 aromatic rings. The number of ether oxygens (including phenoxy) is 3. The van der Waals surface area contributed by atoms with Gasteiger partial charge in [0.05, 0.1) is 18.3 Å². The van der Waals surface area contributed by atoms with Crippen LogP contribution in [0.25, 0.3) is 11.4 Å². The van der Waals surface area contributed by atoms with Crippen molar-refractivity contribution in [2.75, 3.05) is 13.9 Å². The molecule has 132 valence electrons. The Balaban J connectivity index is 1.74. The van der Waals surface area contributed by atoms with Gasteiger partial charge in [-0.1, -0.05) is 23.7 Å². The lowest BCUT2D eigenvalue weighted by Gasteiger charge is -2.06. The summed E-state index contributed by atoms with van der Waals surface area (Å²) in [6.45, 7) is 0.162. The molecule has 7 nitrogen and oxygen atoms in total. The van der Waals surface area contributed by atoms with E-state index in [-0.39, 0.29) is 6.79 Å². The Morgan fingerprint density at radius 3 is 3.00 bits per heavy atom. The molecule has 1 aliphatic heterocycles. The molecule has 26 heavy (non-hydrogen) atoms. The molecule has 9 heteroatoms. The summed E-state index contributed by atoms with van der Waals surface area (Å²) in [6.07, 6.45) is 1.64. The topological polar surface area (TPSA) is 73.7 Å². The molecule has 2 aromatic carbocycles. The fourth-order valence-corrected chi connectivity index (χ4v) is 2.96. The number of methoxy groups -OCH3 is 1. The molecule has 0 saturated carbocycles. The third-order valence-corrected chi connectivity index (χ3v) is 4.36. The Bertz CT molecular complexity index is 1060. The van der Waals surface area contributed by atoms with Crippen LogP contribution in [-0.2, 0) is 0 Å². The van der Waals surface area contributed by atoms with E-state index in [1.165, 1.54) is 4.68 Å². The van der Waals surface area contributed by atoms with Gasteiger partial charge in [-0.05, 0) is 36.5 Å². The van der Waals surface area contributed by atoms with Gasteiger partial charge in [0.1, 0.15) is 0 Å². The standard InChI is InChI=1S/C17H13ClN4O3S/c1-23-13-6-10(7-14-15(13)25-9-24-14)8-19-22-16(20-21-17(22)26)11-4-2-3-5-12(11)18/h2-8H,9H2,1H3,(H,21,26)/b19-8-. The summed E-state index contributed by atoms with van der Waals surface area (Å²) in [4.78, 5) is 0. The second kappa shape index (κ2) is 6.81. The summed E-state index contributed by atoms with van der Waals surface area (Å²) in [6, 6.07) is 11.0. The fraction of sp³-hybridized carbons (Fsp3) is 0.118. The number of benzene rings is 2. The summed E-state index contributed by atoms with van der Waals surface area (Å²) in [5, 5.41) is 12.0. The van der Waals surface area contributed by atoms with Crippen molar-refractivity contribution >= 4 is 30.0 Å². The van der Waals surface area contributed by atoms with Crippen molar-refractivity contribution in [2.45, 2.75) is 0 Å². The molecule has 4 rings (SSSR count). The van der Waals surface area contributed by atoms with Gasteiger partial charge in [0.25, 0.3) is 0 Å². The Morgan fingerprint density at radius 1 is 1.35 bits per heavy atom. The third-order valence-electron chi connectivity index (χ3n) is 3.77. The predicted octanol–water partition coefficient (Wildman–Crippen LogP) is 3.88. The number of H-pyrrole nitrogens is 1. The lowest BCUT2D eigenvalue weighted by atomic mass is 10.2. The van der Waals surface area contributed by atoms with Crippen molar-refractivity contribution in [2.24, 2.45) is 5.10 Å². The molecular formula is C17H13ClN4O3S. The second-order valence-electron chi connectivity index (χ2n) is 5.35. The summed E-state index contributed by atoms with van der Waals surface area (Å²) in [5.41, 5.74) is 1.49.